The second kappa shape index (κ2) is 10.1. The molecule has 4 rings (SSSR count). The number of aliphatic hydroxyl groups is 1. The third kappa shape index (κ3) is 4.68. The zero-order valence-electron chi connectivity index (χ0n) is 23.1. The number of ether oxygens (including phenoxy) is 1. The van der Waals surface area contributed by atoms with E-state index < -0.39 is 70.4 Å². The molecule has 5 N–H and O–H groups in total. The first-order valence-corrected chi connectivity index (χ1v) is 13.1. The highest BCUT2D eigenvalue weighted by Gasteiger charge is 2.69. The van der Waals surface area contributed by atoms with Gasteiger partial charge in [-0.15, -0.1) is 0 Å². The van der Waals surface area contributed by atoms with Gasteiger partial charge in [0.25, 0.3) is 0 Å². The van der Waals surface area contributed by atoms with E-state index in [1.54, 1.807) is 6.07 Å². The minimum Gasteiger partial charge on any atom is -0.507 e. The first-order valence-electron chi connectivity index (χ1n) is 13.1. The van der Waals surface area contributed by atoms with Gasteiger partial charge in [0.05, 0.1) is 24.1 Å². The normalized spacial score (nSPS) is 29.9. The monoisotopic (exact) mass is 557 g/mol. The Balaban J connectivity index is 1.70. The Morgan fingerprint density at radius 2 is 1.80 bits per heavy atom. The van der Waals surface area contributed by atoms with Crippen molar-refractivity contribution < 1.29 is 43.7 Å². The smallest absolute Gasteiger partial charge is 0.407 e. The number of amides is 2. The van der Waals surface area contributed by atoms with Crippen LogP contribution in [-0.4, -0.2) is 82.6 Å². The number of phenols is 1. The van der Waals surface area contributed by atoms with Crippen LogP contribution in [0, 0.1) is 29.1 Å². The van der Waals surface area contributed by atoms with Gasteiger partial charge in [-0.25, -0.2) is 4.79 Å². The number of nitrogens with zero attached hydrogens (tertiary/aromatic N) is 1. The molecule has 12 heteroatoms. The van der Waals surface area contributed by atoms with Crippen LogP contribution in [0.1, 0.15) is 48.7 Å². The Labute approximate surface area is 231 Å². The van der Waals surface area contributed by atoms with Crippen molar-refractivity contribution in [2.45, 2.75) is 51.8 Å². The number of benzene rings is 1. The number of hydrogen-bond donors (Lipinski definition) is 4. The third-order valence-electron chi connectivity index (χ3n) is 8.10. The van der Waals surface area contributed by atoms with Crippen LogP contribution in [0.3, 0.4) is 0 Å². The van der Waals surface area contributed by atoms with Crippen LogP contribution in [0.15, 0.2) is 12.1 Å². The molecule has 40 heavy (non-hydrogen) atoms. The summed E-state index contributed by atoms with van der Waals surface area (Å²) in [4.78, 5) is 79.7. The average Bonchev–Trinajstić information content (AvgIpc) is 2.83. The molecule has 2 saturated carbocycles. The lowest BCUT2D eigenvalue weighted by Gasteiger charge is -2.52. The second-order valence-corrected chi connectivity index (χ2v) is 12.4. The Bertz CT molecular complexity index is 1310. The number of alkyl carbamates (subject to hydrolysis) is 1. The van der Waals surface area contributed by atoms with Gasteiger partial charge in [-0.1, -0.05) is 26.8 Å². The third-order valence-corrected chi connectivity index (χ3v) is 8.10. The van der Waals surface area contributed by atoms with Crippen molar-refractivity contribution in [3.63, 3.8) is 0 Å². The Morgan fingerprint density at radius 1 is 1.15 bits per heavy atom. The van der Waals surface area contributed by atoms with Crippen molar-refractivity contribution in [3.8, 4) is 5.75 Å². The number of phenolic OH excluding ortho intramolecular Hbond substituents is 1. The van der Waals surface area contributed by atoms with E-state index in [2.05, 4.69) is 5.32 Å². The number of carbonyl (C=O) groups is 6. The molecule has 12 nitrogen and oxygen atoms in total. The number of nitrogens with one attached hydrogen (secondary N) is 1. The summed E-state index contributed by atoms with van der Waals surface area (Å²) in [7, 11) is 3.05. The lowest BCUT2D eigenvalue weighted by Crippen LogP contribution is -2.74. The highest BCUT2D eigenvalue weighted by molar-refractivity contribution is 6.32. The molecule has 0 heterocycles. The van der Waals surface area contributed by atoms with Gasteiger partial charge in [0, 0.05) is 12.5 Å². The predicted molar refractivity (Wildman–Crippen MR) is 139 cm³/mol. The van der Waals surface area contributed by atoms with Crippen molar-refractivity contribution in [2.75, 3.05) is 20.7 Å². The van der Waals surface area contributed by atoms with Gasteiger partial charge in [-0.3, -0.25) is 28.9 Å². The zero-order chi connectivity index (χ0) is 29.9. The fourth-order valence-electron chi connectivity index (χ4n) is 6.34. The maximum Gasteiger partial charge on any atom is 0.407 e. The highest BCUT2D eigenvalue weighted by Crippen LogP contribution is 2.51. The van der Waals surface area contributed by atoms with Crippen LogP contribution in [0.5, 0.6) is 5.75 Å². The van der Waals surface area contributed by atoms with E-state index >= 15 is 0 Å². The molecule has 3 aliphatic rings. The van der Waals surface area contributed by atoms with Gasteiger partial charge in [0.2, 0.25) is 5.91 Å². The van der Waals surface area contributed by atoms with Crippen molar-refractivity contribution in [3.05, 3.63) is 28.8 Å². The first kappa shape index (κ1) is 29.3. The lowest BCUT2D eigenvalue weighted by atomic mass is 9.52. The molecule has 0 radical (unpaired) electrons. The lowest BCUT2D eigenvalue weighted by molar-refractivity contribution is -0.181. The Kier molecular flexibility index (Phi) is 7.39. The number of fused-ring (bicyclic) bond motifs is 3. The van der Waals surface area contributed by atoms with Crippen molar-refractivity contribution >= 4 is 35.1 Å². The van der Waals surface area contributed by atoms with Crippen molar-refractivity contribution in [1.29, 1.82) is 0 Å². The summed E-state index contributed by atoms with van der Waals surface area (Å²) in [6.07, 6.45) is -0.610. The van der Waals surface area contributed by atoms with Crippen LogP contribution < -0.4 is 11.1 Å². The summed E-state index contributed by atoms with van der Waals surface area (Å²) in [6.45, 7) is 5.89. The van der Waals surface area contributed by atoms with Crippen molar-refractivity contribution in [1.82, 2.24) is 10.2 Å². The number of rotatable bonds is 5. The second-order valence-electron chi connectivity index (χ2n) is 12.4. The van der Waals surface area contributed by atoms with Crippen LogP contribution >= 0.6 is 0 Å². The largest absolute Gasteiger partial charge is 0.507 e. The molecule has 216 valence electrons. The molecule has 3 aliphatic carbocycles. The number of nitrogens with two attached hydrogens (primary N) is 1. The molecule has 0 bridgehead atoms. The fourth-order valence-corrected chi connectivity index (χ4v) is 6.34. The molecular formula is C28H35N3O9. The quantitative estimate of drug-likeness (QED) is 0.362. The van der Waals surface area contributed by atoms with Gasteiger partial charge in [0.15, 0.2) is 34.7 Å². The number of likely N-dealkylation sites (N-methyl/N-ethyl adjacent to an activating group) is 1. The van der Waals surface area contributed by atoms with Gasteiger partial charge < -0.3 is 26.0 Å². The fraction of sp³-hybridized carbons (Fsp3) is 0.571. The summed E-state index contributed by atoms with van der Waals surface area (Å²) in [5.74, 6) is -11.1. The summed E-state index contributed by atoms with van der Waals surface area (Å²) in [6, 6.07) is 1.65. The zero-order valence-corrected chi connectivity index (χ0v) is 23.1. The molecule has 6 atom stereocenters. The highest BCUT2D eigenvalue weighted by atomic mass is 16.5. The minimum atomic E-state index is -2.78. The maximum absolute atomic E-state index is 13.8. The molecular weight excluding hydrogens is 522 g/mol. The molecule has 1 aromatic rings. The number of hydrogen-bond acceptors (Lipinski definition) is 10. The molecule has 2 amide bonds. The number of aromatic hydroxyl groups is 1. The van der Waals surface area contributed by atoms with Crippen LogP contribution in [0.2, 0.25) is 0 Å². The summed E-state index contributed by atoms with van der Waals surface area (Å²) < 4.78 is 5.23. The van der Waals surface area contributed by atoms with Crippen molar-refractivity contribution in [2.24, 2.45) is 34.8 Å². The van der Waals surface area contributed by atoms with Gasteiger partial charge >= 0.3 is 6.09 Å². The minimum absolute atomic E-state index is 0.0187. The number of carbonyl (C=O) groups excluding carboxylic acids is 6. The van der Waals surface area contributed by atoms with E-state index in [1.165, 1.54) is 25.1 Å². The van der Waals surface area contributed by atoms with E-state index in [9.17, 15) is 39.0 Å². The summed E-state index contributed by atoms with van der Waals surface area (Å²) in [5, 5.41) is 24.8. The van der Waals surface area contributed by atoms with E-state index in [1.807, 2.05) is 20.8 Å². The molecule has 0 aromatic heterocycles. The standard InChI is InChI=1S/C28H35N3O9/c1-27(2,3)11-40-26(38)30-10-12-6-7-16(32)18-14(12)8-13-9-15-20(31(4)5)22(34)19(25(29)37)24(36)28(15,39)23(35)17(13)21(18)33/h6-7,13,15,17,19-20,32,39H,8-11H2,1-5H3,(H2,29,37)(H,30,38)/t13-,15-,17?,19?,20-,28-/m1/s1. The first-order chi connectivity index (χ1) is 18.5. The Hall–Kier alpha value is -3.64. The van der Waals surface area contributed by atoms with E-state index in [0.717, 1.165) is 0 Å². The van der Waals surface area contributed by atoms with Gasteiger partial charge in [-0.2, -0.15) is 0 Å². The number of ketones is 4. The Morgan fingerprint density at radius 3 is 2.38 bits per heavy atom. The SMILES string of the molecule is CN(C)[C@H]1C(=O)C(C(N)=O)C(=O)[C@]2(O)C(=O)C3C(=O)c4c(O)ccc(CNC(=O)OCC(C)(C)C)c4C[C@@H]3C[C@H]12. The molecule has 0 spiro atoms. The van der Waals surface area contributed by atoms with Crippen LogP contribution in [0.4, 0.5) is 4.79 Å². The molecule has 1 aromatic carbocycles. The number of primary amides is 1. The van der Waals surface area contributed by atoms with Gasteiger partial charge in [-0.05, 0) is 55.5 Å². The summed E-state index contributed by atoms with van der Waals surface area (Å²) in [5.41, 5.74) is 3.12. The summed E-state index contributed by atoms with van der Waals surface area (Å²) >= 11 is 0. The van der Waals surface area contributed by atoms with Gasteiger partial charge in [0.1, 0.15) is 5.75 Å². The van der Waals surface area contributed by atoms with E-state index in [-0.39, 0.29) is 42.7 Å². The topological polar surface area (TPSA) is 193 Å². The van der Waals surface area contributed by atoms with Crippen LogP contribution in [-0.2, 0) is 36.9 Å². The van der Waals surface area contributed by atoms with E-state index in [4.69, 9.17) is 10.5 Å². The molecule has 2 fully saturated rings. The molecule has 2 unspecified atom stereocenters. The molecule has 0 aliphatic heterocycles. The number of Topliss-reactive ketones (excluding diaryl/α,β-unsaturated/α-hetero) is 4. The van der Waals surface area contributed by atoms with Crippen LogP contribution in [0.25, 0.3) is 0 Å². The van der Waals surface area contributed by atoms with E-state index in [0.29, 0.717) is 11.1 Å². The maximum atomic E-state index is 13.8. The average molecular weight is 558 g/mol. The predicted octanol–water partition coefficient (Wildman–Crippen LogP) is 0.139. The molecule has 0 saturated heterocycles.